The quantitative estimate of drug-likeness (QED) is 0.536. The van der Waals surface area contributed by atoms with Crippen LogP contribution in [0.3, 0.4) is 0 Å². The average molecular weight is 314 g/mol. The lowest BCUT2D eigenvalue weighted by Gasteiger charge is -2.07. The smallest absolute Gasteiger partial charge is 0.269 e. The summed E-state index contributed by atoms with van der Waals surface area (Å²) in [7, 11) is 0. The van der Waals surface area contributed by atoms with E-state index in [0.29, 0.717) is 17.5 Å². The fraction of sp³-hybridized carbons (Fsp3) is 0.0625. The topological polar surface area (TPSA) is 61.0 Å². The minimum absolute atomic E-state index is 0.0519. The maximum Gasteiger partial charge on any atom is 0.269 e. The Kier molecular flexibility index (Phi) is 3.89. The van der Waals surface area contributed by atoms with Crippen LogP contribution in [0.2, 0.25) is 5.15 Å². The minimum atomic E-state index is -0.423. The molecule has 0 aliphatic heterocycles. The van der Waals surface area contributed by atoms with Crippen LogP contribution in [0, 0.1) is 10.1 Å². The van der Waals surface area contributed by atoms with Gasteiger partial charge >= 0.3 is 0 Å². The van der Waals surface area contributed by atoms with Gasteiger partial charge < -0.3 is 4.57 Å². The molecule has 0 spiro atoms. The lowest BCUT2D eigenvalue weighted by atomic mass is 10.2. The molecule has 6 heteroatoms. The zero-order valence-electron chi connectivity index (χ0n) is 11.5. The molecular weight excluding hydrogens is 302 g/mol. The number of nitro benzene ring substituents is 1. The first-order valence-corrected chi connectivity index (χ1v) is 7.03. The first-order valence-electron chi connectivity index (χ1n) is 6.65. The predicted octanol–water partition coefficient (Wildman–Crippen LogP) is 4.16. The molecule has 0 amide bonds. The van der Waals surface area contributed by atoms with E-state index in [0.717, 1.165) is 11.1 Å². The fourth-order valence-corrected chi connectivity index (χ4v) is 2.45. The molecule has 0 N–H and O–H groups in total. The third-order valence-corrected chi connectivity index (χ3v) is 3.46. The van der Waals surface area contributed by atoms with Gasteiger partial charge in [-0.25, -0.2) is 4.98 Å². The standard InChI is InChI=1S/C16H12ClN3O2/c17-15-11-19(10-12-4-2-1-3-5-12)16(18-15)13-6-8-14(9-7-13)20(21)22/h1-9,11H,10H2. The Morgan fingerprint density at radius 2 is 1.77 bits per heavy atom. The number of rotatable bonds is 4. The van der Waals surface area contributed by atoms with E-state index in [1.807, 2.05) is 34.9 Å². The molecule has 5 nitrogen and oxygen atoms in total. The van der Waals surface area contributed by atoms with Crippen molar-refractivity contribution in [1.82, 2.24) is 9.55 Å². The summed E-state index contributed by atoms with van der Waals surface area (Å²) in [4.78, 5) is 14.6. The molecule has 0 fully saturated rings. The molecule has 0 aliphatic carbocycles. The van der Waals surface area contributed by atoms with Crippen molar-refractivity contribution >= 4 is 17.3 Å². The summed E-state index contributed by atoms with van der Waals surface area (Å²) in [6.45, 7) is 0.632. The maximum atomic E-state index is 10.7. The Bertz CT molecular complexity index is 798. The number of imidazole rings is 1. The van der Waals surface area contributed by atoms with E-state index in [-0.39, 0.29) is 5.69 Å². The van der Waals surface area contributed by atoms with Gasteiger partial charge in [0.2, 0.25) is 0 Å². The van der Waals surface area contributed by atoms with Crippen LogP contribution in [-0.2, 0) is 6.54 Å². The highest BCUT2D eigenvalue weighted by atomic mass is 35.5. The first-order chi connectivity index (χ1) is 10.6. The molecule has 0 aliphatic rings. The van der Waals surface area contributed by atoms with Gasteiger partial charge in [0.1, 0.15) is 11.0 Å². The van der Waals surface area contributed by atoms with Crippen LogP contribution in [-0.4, -0.2) is 14.5 Å². The molecule has 0 radical (unpaired) electrons. The molecular formula is C16H12ClN3O2. The second kappa shape index (κ2) is 5.99. The predicted molar refractivity (Wildman–Crippen MR) is 84.9 cm³/mol. The Morgan fingerprint density at radius 1 is 1.09 bits per heavy atom. The van der Waals surface area contributed by atoms with Crippen LogP contribution in [0.1, 0.15) is 5.56 Å². The van der Waals surface area contributed by atoms with Crippen LogP contribution in [0.15, 0.2) is 60.8 Å². The van der Waals surface area contributed by atoms with Crippen molar-refractivity contribution in [2.75, 3.05) is 0 Å². The number of nitro groups is 1. The van der Waals surface area contributed by atoms with Gasteiger partial charge in [-0.2, -0.15) is 0 Å². The monoisotopic (exact) mass is 313 g/mol. The number of hydrogen-bond donors (Lipinski definition) is 0. The van der Waals surface area contributed by atoms with Gasteiger partial charge in [0.05, 0.1) is 4.92 Å². The van der Waals surface area contributed by atoms with Crippen molar-refractivity contribution in [2.45, 2.75) is 6.54 Å². The van der Waals surface area contributed by atoms with Crippen LogP contribution in [0.4, 0.5) is 5.69 Å². The number of aromatic nitrogens is 2. The summed E-state index contributed by atoms with van der Waals surface area (Å²) in [6, 6.07) is 16.2. The molecule has 0 unspecified atom stereocenters. The molecule has 2 aromatic carbocycles. The molecule has 0 atom stereocenters. The number of non-ortho nitro benzene ring substituents is 1. The van der Waals surface area contributed by atoms with Crippen molar-refractivity contribution in [2.24, 2.45) is 0 Å². The molecule has 0 bridgehead atoms. The SMILES string of the molecule is O=[N+]([O-])c1ccc(-c2nc(Cl)cn2Cc2ccccc2)cc1. The van der Waals surface area contributed by atoms with E-state index in [4.69, 9.17) is 11.6 Å². The van der Waals surface area contributed by atoms with E-state index in [1.54, 1.807) is 18.3 Å². The van der Waals surface area contributed by atoms with Gasteiger partial charge in [0.15, 0.2) is 0 Å². The van der Waals surface area contributed by atoms with Gasteiger partial charge in [-0.15, -0.1) is 0 Å². The van der Waals surface area contributed by atoms with Gasteiger partial charge in [0.25, 0.3) is 5.69 Å². The molecule has 110 valence electrons. The Labute approximate surface area is 132 Å². The van der Waals surface area contributed by atoms with E-state index in [2.05, 4.69) is 4.98 Å². The maximum absolute atomic E-state index is 10.7. The minimum Gasteiger partial charge on any atom is -0.325 e. The Balaban J connectivity index is 1.95. The molecule has 0 saturated heterocycles. The zero-order chi connectivity index (χ0) is 15.5. The van der Waals surface area contributed by atoms with E-state index >= 15 is 0 Å². The second-order valence-corrected chi connectivity index (χ2v) is 5.19. The highest BCUT2D eigenvalue weighted by Crippen LogP contribution is 2.24. The summed E-state index contributed by atoms with van der Waals surface area (Å²) >= 11 is 6.02. The number of hydrogen-bond acceptors (Lipinski definition) is 3. The second-order valence-electron chi connectivity index (χ2n) is 4.80. The Morgan fingerprint density at radius 3 is 2.41 bits per heavy atom. The zero-order valence-corrected chi connectivity index (χ0v) is 12.3. The van der Waals surface area contributed by atoms with E-state index in [9.17, 15) is 10.1 Å². The van der Waals surface area contributed by atoms with E-state index in [1.165, 1.54) is 12.1 Å². The molecule has 1 heterocycles. The largest absolute Gasteiger partial charge is 0.325 e. The number of halogens is 1. The van der Waals surface area contributed by atoms with Crippen LogP contribution in [0.25, 0.3) is 11.4 Å². The van der Waals surface area contributed by atoms with Crippen molar-refractivity contribution in [1.29, 1.82) is 0 Å². The van der Waals surface area contributed by atoms with Gasteiger partial charge in [-0.05, 0) is 17.7 Å². The number of nitrogens with zero attached hydrogens (tertiary/aromatic N) is 3. The van der Waals surface area contributed by atoms with Crippen LogP contribution >= 0.6 is 11.6 Å². The highest BCUT2D eigenvalue weighted by molar-refractivity contribution is 6.29. The lowest BCUT2D eigenvalue weighted by Crippen LogP contribution is -2.01. The van der Waals surface area contributed by atoms with Crippen molar-refractivity contribution < 1.29 is 4.92 Å². The van der Waals surface area contributed by atoms with E-state index < -0.39 is 4.92 Å². The van der Waals surface area contributed by atoms with Gasteiger partial charge in [-0.3, -0.25) is 10.1 Å². The molecule has 0 saturated carbocycles. The van der Waals surface area contributed by atoms with Crippen molar-refractivity contribution in [3.05, 3.63) is 81.6 Å². The van der Waals surface area contributed by atoms with Gasteiger partial charge in [0, 0.05) is 30.4 Å². The summed E-state index contributed by atoms with van der Waals surface area (Å²) in [5.74, 6) is 0.684. The van der Waals surface area contributed by atoms with Crippen molar-refractivity contribution in [3.63, 3.8) is 0 Å². The third-order valence-electron chi connectivity index (χ3n) is 3.28. The average Bonchev–Trinajstić information content (AvgIpc) is 2.89. The summed E-state index contributed by atoms with van der Waals surface area (Å²) in [6.07, 6.45) is 1.76. The third kappa shape index (κ3) is 2.99. The number of benzene rings is 2. The fourth-order valence-electron chi connectivity index (χ4n) is 2.25. The summed E-state index contributed by atoms with van der Waals surface area (Å²) < 4.78 is 1.93. The lowest BCUT2D eigenvalue weighted by molar-refractivity contribution is -0.384. The molecule has 22 heavy (non-hydrogen) atoms. The summed E-state index contributed by atoms with van der Waals surface area (Å²) in [5, 5.41) is 11.1. The van der Waals surface area contributed by atoms with Crippen LogP contribution < -0.4 is 0 Å². The summed E-state index contributed by atoms with van der Waals surface area (Å²) in [5.41, 5.74) is 1.96. The van der Waals surface area contributed by atoms with Crippen molar-refractivity contribution in [3.8, 4) is 11.4 Å². The molecule has 3 rings (SSSR count). The normalized spacial score (nSPS) is 10.6. The van der Waals surface area contributed by atoms with Gasteiger partial charge in [-0.1, -0.05) is 41.9 Å². The van der Waals surface area contributed by atoms with Crippen LogP contribution in [0.5, 0.6) is 0 Å². The highest BCUT2D eigenvalue weighted by Gasteiger charge is 2.12. The Hall–Kier alpha value is -2.66. The molecule has 3 aromatic rings. The molecule has 1 aromatic heterocycles. The first kappa shape index (κ1) is 14.3.